The number of hydrogen-bond donors (Lipinski definition) is 1. The molecule has 1 heterocycles. The first-order valence-electron chi connectivity index (χ1n) is 3.50. The minimum Gasteiger partial charge on any atom is -0.308 e. The average Bonchev–Trinajstić information content (AvgIpc) is 2.31. The van der Waals surface area contributed by atoms with Crippen LogP contribution in [0.25, 0.3) is 0 Å². The molecule has 0 saturated carbocycles. The minimum atomic E-state index is -0.0897. The van der Waals surface area contributed by atoms with Gasteiger partial charge in [0, 0.05) is 18.8 Å². The Morgan fingerprint density at radius 1 is 1.83 bits per heavy atom. The van der Waals surface area contributed by atoms with E-state index in [1.807, 2.05) is 20.0 Å². The lowest BCUT2D eigenvalue weighted by atomic mass is 10.4. The fourth-order valence-corrected chi connectivity index (χ4v) is 0.938. The van der Waals surface area contributed by atoms with Crippen LogP contribution in [-0.2, 0) is 11.8 Å². The van der Waals surface area contributed by atoms with Crippen molar-refractivity contribution < 1.29 is 4.79 Å². The lowest BCUT2D eigenvalue weighted by Gasteiger charge is -1.95. The molecule has 0 radical (unpaired) electrons. The molecule has 0 atom stereocenters. The van der Waals surface area contributed by atoms with Crippen LogP contribution in [0.1, 0.15) is 5.69 Å². The van der Waals surface area contributed by atoms with Crippen molar-refractivity contribution in [2.24, 2.45) is 7.05 Å². The summed E-state index contributed by atoms with van der Waals surface area (Å²) in [7, 11) is 1.83. The molecule has 5 heteroatoms. The first-order chi connectivity index (χ1) is 5.63. The third kappa shape index (κ3) is 2.07. The van der Waals surface area contributed by atoms with Crippen molar-refractivity contribution in [3.05, 3.63) is 11.8 Å². The smallest absolute Gasteiger partial charge is 0.236 e. The molecule has 1 rings (SSSR count). The summed E-state index contributed by atoms with van der Waals surface area (Å²) in [6.45, 7) is 1.93. The van der Waals surface area contributed by atoms with E-state index in [2.05, 4.69) is 26.3 Å². The van der Waals surface area contributed by atoms with E-state index < -0.39 is 0 Å². The highest BCUT2D eigenvalue weighted by Crippen LogP contribution is 2.06. The van der Waals surface area contributed by atoms with Crippen LogP contribution in [0.4, 0.5) is 5.82 Å². The highest BCUT2D eigenvalue weighted by Gasteiger charge is 2.03. The second kappa shape index (κ2) is 3.71. The van der Waals surface area contributed by atoms with E-state index in [4.69, 9.17) is 0 Å². The van der Waals surface area contributed by atoms with Crippen molar-refractivity contribution in [3.8, 4) is 0 Å². The second-order valence-corrected chi connectivity index (χ2v) is 3.04. The molecule has 0 saturated heterocycles. The number of nitrogens with one attached hydrogen (secondary N) is 1. The predicted octanol–water partition coefficient (Wildman–Crippen LogP) is 1.06. The molecule has 0 aliphatic heterocycles. The number of carbonyl (C=O) groups excluding carboxylic acids is 1. The number of rotatable bonds is 2. The molecule has 66 valence electrons. The monoisotopic (exact) mass is 231 g/mol. The number of aryl methyl sites for hydroxylation is 2. The first-order valence-corrected chi connectivity index (χ1v) is 4.62. The molecule has 0 fully saturated rings. The van der Waals surface area contributed by atoms with E-state index in [9.17, 15) is 4.79 Å². The first kappa shape index (κ1) is 9.25. The van der Waals surface area contributed by atoms with Gasteiger partial charge in [-0.25, -0.2) is 0 Å². The Labute approximate surface area is 79.1 Å². The zero-order valence-electron chi connectivity index (χ0n) is 6.97. The van der Waals surface area contributed by atoms with Crippen molar-refractivity contribution in [2.75, 3.05) is 10.6 Å². The van der Waals surface area contributed by atoms with Crippen LogP contribution in [0.5, 0.6) is 0 Å². The Kier molecular flexibility index (Phi) is 2.86. The van der Waals surface area contributed by atoms with Crippen LogP contribution in [0.3, 0.4) is 0 Å². The van der Waals surface area contributed by atoms with Gasteiger partial charge in [0.15, 0.2) is 5.82 Å². The van der Waals surface area contributed by atoms with Crippen LogP contribution in [0, 0.1) is 6.92 Å². The lowest BCUT2D eigenvalue weighted by Crippen LogP contribution is -2.12. The van der Waals surface area contributed by atoms with Crippen molar-refractivity contribution in [3.63, 3.8) is 0 Å². The molecule has 0 spiro atoms. The number of aromatic nitrogens is 2. The number of alkyl halides is 1. The van der Waals surface area contributed by atoms with Gasteiger partial charge >= 0.3 is 0 Å². The van der Waals surface area contributed by atoms with Crippen molar-refractivity contribution in [1.82, 2.24) is 9.78 Å². The average molecular weight is 232 g/mol. The number of halogens is 1. The van der Waals surface area contributed by atoms with Gasteiger partial charge in [0.1, 0.15) is 0 Å². The van der Waals surface area contributed by atoms with Gasteiger partial charge < -0.3 is 5.32 Å². The molecule has 1 N–H and O–H groups in total. The van der Waals surface area contributed by atoms with Crippen LogP contribution in [0.15, 0.2) is 6.07 Å². The summed E-state index contributed by atoms with van der Waals surface area (Å²) < 4.78 is 1.71. The number of carbonyl (C=O) groups is 1. The summed E-state index contributed by atoms with van der Waals surface area (Å²) >= 11 is 3.05. The van der Waals surface area contributed by atoms with Gasteiger partial charge in [0.05, 0.1) is 5.33 Å². The Morgan fingerprint density at radius 3 is 2.92 bits per heavy atom. The molecule has 0 bridgehead atoms. The minimum absolute atomic E-state index is 0.0897. The topological polar surface area (TPSA) is 46.9 Å². The van der Waals surface area contributed by atoms with E-state index in [1.165, 1.54) is 0 Å². The second-order valence-electron chi connectivity index (χ2n) is 2.48. The predicted molar refractivity (Wildman–Crippen MR) is 50.4 cm³/mol. The molecule has 4 nitrogen and oxygen atoms in total. The van der Waals surface area contributed by atoms with E-state index in [-0.39, 0.29) is 5.91 Å². The summed E-state index contributed by atoms with van der Waals surface area (Å²) in [6, 6.07) is 1.82. The van der Waals surface area contributed by atoms with Gasteiger partial charge in [-0.05, 0) is 6.92 Å². The van der Waals surface area contributed by atoms with E-state index in [0.29, 0.717) is 11.1 Å². The third-order valence-electron chi connectivity index (χ3n) is 1.50. The van der Waals surface area contributed by atoms with Crippen LogP contribution < -0.4 is 5.32 Å². The quantitative estimate of drug-likeness (QED) is 0.775. The SMILES string of the molecule is Cc1cc(NC(=O)CBr)nn1C. The van der Waals surface area contributed by atoms with Crippen LogP contribution in [-0.4, -0.2) is 21.0 Å². The summed E-state index contributed by atoms with van der Waals surface area (Å²) in [5.41, 5.74) is 1.01. The Bertz CT molecular complexity index is 275. The van der Waals surface area contributed by atoms with Gasteiger partial charge in [-0.1, -0.05) is 15.9 Å². The maximum Gasteiger partial charge on any atom is 0.236 e. The Morgan fingerprint density at radius 2 is 2.50 bits per heavy atom. The maximum absolute atomic E-state index is 10.9. The summed E-state index contributed by atoms with van der Waals surface area (Å²) in [4.78, 5) is 10.9. The lowest BCUT2D eigenvalue weighted by molar-refractivity contribution is -0.113. The summed E-state index contributed by atoms with van der Waals surface area (Å²) in [5, 5.41) is 6.99. The van der Waals surface area contributed by atoms with Gasteiger partial charge in [-0.2, -0.15) is 5.10 Å². The molecule has 1 amide bonds. The normalized spacial score (nSPS) is 9.92. The van der Waals surface area contributed by atoms with Crippen molar-refractivity contribution in [1.29, 1.82) is 0 Å². The van der Waals surface area contributed by atoms with Crippen LogP contribution >= 0.6 is 15.9 Å². The molecule has 0 aromatic carbocycles. The molecular formula is C7H10BrN3O. The molecular weight excluding hydrogens is 222 g/mol. The molecule has 1 aromatic rings. The van der Waals surface area contributed by atoms with Crippen molar-refractivity contribution >= 4 is 27.7 Å². The highest BCUT2D eigenvalue weighted by molar-refractivity contribution is 9.09. The van der Waals surface area contributed by atoms with E-state index >= 15 is 0 Å². The van der Waals surface area contributed by atoms with E-state index in [1.54, 1.807) is 4.68 Å². The number of hydrogen-bond acceptors (Lipinski definition) is 2. The molecule has 0 aliphatic carbocycles. The summed E-state index contributed by atoms with van der Waals surface area (Å²) in [5.74, 6) is 0.507. The van der Waals surface area contributed by atoms with Gasteiger partial charge in [-0.15, -0.1) is 0 Å². The number of anilines is 1. The summed E-state index contributed by atoms with van der Waals surface area (Å²) in [6.07, 6.45) is 0. The number of nitrogens with zero attached hydrogens (tertiary/aromatic N) is 2. The fourth-order valence-electron chi connectivity index (χ4n) is 0.798. The van der Waals surface area contributed by atoms with E-state index in [0.717, 1.165) is 5.69 Å². The van der Waals surface area contributed by atoms with Gasteiger partial charge in [-0.3, -0.25) is 9.48 Å². The standard InChI is InChI=1S/C7H10BrN3O/c1-5-3-6(10-11(5)2)9-7(12)4-8/h3H,4H2,1-2H3,(H,9,10,12). The van der Waals surface area contributed by atoms with Gasteiger partial charge in [0.2, 0.25) is 5.91 Å². The van der Waals surface area contributed by atoms with Crippen molar-refractivity contribution in [2.45, 2.75) is 6.92 Å². The Balaban J connectivity index is 2.70. The largest absolute Gasteiger partial charge is 0.308 e. The van der Waals surface area contributed by atoms with Gasteiger partial charge in [0.25, 0.3) is 0 Å². The highest BCUT2D eigenvalue weighted by atomic mass is 79.9. The fraction of sp³-hybridized carbons (Fsp3) is 0.429. The van der Waals surface area contributed by atoms with Crippen LogP contribution in [0.2, 0.25) is 0 Å². The molecule has 0 unspecified atom stereocenters. The Hall–Kier alpha value is -0.840. The molecule has 0 aliphatic rings. The molecule has 1 aromatic heterocycles. The number of amides is 1. The maximum atomic E-state index is 10.9. The molecule has 12 heavy (non-hydrogen) atoms. The third-order valence-corrected chi connectivity index (χ3v) is 2.01. The zero-order valence-corrected chi connectivity index (χ0v) is 8.55. The zero-order chi connectivity index (χ0) is 9.14.